The highest BCUT2D eigenvalue weighted by Crippen LogP contribution is 2.28. The summed E-state index contributed by atoms with van der Waals surface area (Å²) in [5, 5.41) is 4.81. The van der Waals surface area contributed by atoms with Gasteiger partial charge in [-0.25, -0.2) is 9.98 Å². The van der Waals surface area contributed by atoms with Crippen molar-refractivity contribution < 1.29 is 0 Å². The number of thiazole rings is 1. The van der Waals surface area contributed by atoms with Gasteiger partial charge >= 0.3 is 0 Å². The van der Waals surface area contributed by atoms with Gasteiger partial charge in [0.05, 0.1) is 12.2 Å². The molecule has 0 bridgehead atoms. The number of aromatic nitrogens is 1. The summed E-state index contributed by atoms with van der Waals surface area (Å²) in [6.07, 6.45) is 0. The lowest BCUT2D eigenvalue weighted by Crippen LogP contribution is -2.44. The van der Waals surface area contributed by atoms with E-state index >= 15 is 0 Å². The standard InChI is InChI=1S/C16H21ClN4S/c1-10-14(11-5-7-12(17)8-6-11)20-13(22-10)9-19-15(18)21-16(2,3)4/h5-8H,9H2,1-4H3,(H3,18,19,21). The molecule has 0 aliphatic rings. The maximum absolute atomic E-state index is 5.93. The predicted octanol–water partition coefficient (Wildman–Crippen LogP) is 3.97. The highest BCUT2D eigenvalue weighted by molar-refractivity contribution is 7.12. The number of aliphatic imine (C=N–C) groups is 1. The number of benzene rings is 1. The Hall–Kier alpha value is -1.59. The third-order valence-corrected chi connectivity index (χ3v) is 4.05. The average molecular weight is 337 g/mol. The molecule has 0 atom stereocenters. The van der Waals surface area contributed by atoms with Gasteiger partial charge in [0.2, 0.25) is 0 Å². The number of guanidine groups is 1. The lowest BCUT2D eigenvalue weighted by atomic mass is 10.1. The Balaban J connectivity index is 2.13. The van der Waals surface area contributed by atoms with Crippen LogP contribution in [0.15, 0.2) is 29.3 Å². The maximum atomic E-state index is 5.93. The molecule has 0 unspecified atom stereocenters. The normalized spacial score (nSPS) is 12.5. The van der Waals surface area contributed by atoms with Crippen molar-refractivity contribution in [1.29, 1.82) is 0 Å². The topological polar surface area (TPSA) is 63.3 Å². The second-order valence-electron chi connectivity index (χ2n) is 6.10. The first-order valence-corrected chi connectivity index (χ1v) is 8.24. The number of hydrogen-bond acceptors (Lipinski definition) is 3. The molecular weight excluding hydrogens is 316 g/mol. The van der Waals surface area contributed by atoms with Crippen LogP contribution in [0.2, 0.25) is 5.02 Å². The second kappa shape index (κ2) is 6.67. The molecular formula is C16H21ClN4S. The zero-order valence-corrected chi connectivity index (χ0v) is 14.8. The molecule has 6 heteroatoms. The molecule has 1 heterocycles. The highest BCUT2D eigenvalue weighted by atomic mass is 35.5. The largest absolute Gasteiger partial charge is 0.370 e. The molecule has 0 spiro atoms. The van der Waals surface area contributed by atoms with E-state index in [9.17, 15) is 0 Å². The van der Waals surface area contributed by atoms with Crippen LogP contribution >= 0.6 is 22.9 Å². The van der Waals surface area contributed by atoms with Gasteiger partial charge in [0, 0.05) is 21.0 Å². The summed E-state index contributed by atoms with van der Waals surface area (Å²) in [6, 6.07) is 7.71. The van der Waals surface area contributed by atoms with Crippen molar-refractivity contribution >= 4 is 28.9 Å². The van der Waals surface area contributed by atoms with Crippen molar-refractivity contribution in [2.24, 2.45) is 10.7 Å². The van der Waals surface area contributed by atoms with Crippen LogP contribution in [0.4, 0.5) is 0 Å². The van der Waals surface area contributed by atoms with Crippen molar-refractivity contribution in [3.05, 3.63) is 39.2 Å². The van der Waals surface area contributed by atoms with Gasteiger partial charge in [-0.3, -0.25) is 0 Å². The molecule has 22 heavy (non-hydrogen) atoms. The summed E-state index contributed by atoms with van der Waals surface area (Å²) < 4.78 is 0. The first-order valence-electron chi connectivity index (χ1n) is 7.05. The molecule has 0 radical (unpaired) electrons. The molecule has 0 saturated heterocycles. The average Bonchev–Trinajstić information content (AvgIpc) is 2.77. The number of nitrogens with one attached hydrogen (secondary N) is 1. The van der Waals surface area contributed by atoms with E-state index in [0.29, 0.717) is 12.5 Å². The maximum Gasteiger partial charge on any atom is 0.189 e. The second-order valence-corrected chi connectivity index (χ2v) is 7.82. The molecule has 2 rings (SSSR count). The SMILES string of the molecule is Cc1sc(CN=C(N)NC(C)(C)C)nc1-c1ccc(Cl)cc1. The zero-order chi connectivity index (χ0) is 16.3. The first-order chi connectivity index (χ1) is 10.2. The molecule has 1 aromatic heterocycles. The fourth-order valence-corrected chi connectivity index (χ4v) is 2.98. The Bertz CT molecular complexity index is 668. The minimum absolute atomic E-state index is 0.0964. The van der Waals surface area contributed by atoms with E-state index in [4.69, 9.17) is 17.3 Å². The van der Waals surface area contributed by atoms with E-state index in [1.54, 1.807) is 11.3 Å². The van der Waals surface area contributed by atoms with Gasteiger partial charge in [-0.2, -0.15) is 0 Å². The van der Waals surface area contributed by atoms with Crippen molar-refractivity contribution in [1.82, 2.24) is 10.3 Å². The summed E-state index contributed by atoms with van der Waals surface area (Å²) >= 11 is 7.56. The molecule has 1 aromatic carbocycles. The lowest BCUT2D eigenvalue weighted by molar-refractivity contribution is 0.508. The fourth-order valence-electron chi connectivity index (χ4n) is 1.97. The van der Waals surface area contributed by atoms with Gasteiger partial charge in [-0.1, -0.05) is 23.7 Å². The van der Waals surface area contributed by atoms with Crippen molar-refractivity contribution in [2.75, 3.05) is 0 Å². The molecule has 0 amide bonds. The third-order valence-electron chi connectivity index (χ3n) is 2.85. The summed E-state index contributed by atoms with van der Waals surface area (Å²) in [7, 11) is 0. The minimum Gasteiger partial charge on any atom is -0.370 e. The monoisotopic (exact) mass is 336 g/mol. The predicted molar refractivity (Wildman–Crippen MR) is 95.5 cm³/mol. The van der Waals surface area contributed by atoms with Crippen LogP contribution in [0.25, 0.3) is 11.3 Å². The Morgan fingerprint density at radius 1 is 1.32 bits per heavy atom. The Kier molecular flexibility index (Phi) is 5.08. The van der Waals surface area contributed by atoms with Gasteiger partial charge in [-0.15, -0.1) is 11.3 Å². The Labute approximate surface area is 140 Å². The van der Waals surface area contributed by atoms with Gasteiger partial charge in [-0.05, 0) is 39.8 Å². The summed E-state index contributed by atoms with van der Waals surface area (Å²) in [6.45, 7) is 8.67. The van der Waals surface area contributed by atoms with Crippen molar-refractivity contribution in [2.45, 2.75) is 39.8 Å². The number of hydrogen-bond donors (Lipinski definition) is 2. The van der Waals surface area contributed by atoms with E-state index < -0.39 is 0 Å². The van der Waals surface area contributed by atoms with Crippen LogP contribution in [0.5, 0.6) is 0 Å². The van der Waals surface area contributed by atoms with E-state index in [1.807, 2.05) is 45.0 Å². The molecule has 118 valence electrons. The number of halogens is 1. The van der Waals surface area contributed by atoms with Crippen molar-refractivity contribution in [3.8, 4) is 11.3 Å². The number of aryl methyl sites for hydroxylation is 1. The van der Waals surface area contributed by atoms with Gasteiger partial charge in [0.25, 0.3) is 0 Å². The van der Waals surface area contributed by atoms with E-state index in [1.165, 1.54) is 0 Å². The third kappa shape index (κ3) is 4.71. The lowest BCUT2D eigenvalue weighted by Gasteiger charge is -2.20. The Morgan fingerprint density at radius 3 is 2.55 bits per heavy atom. The van der Waals surface area contributed by atoms with Crippen LogP contribution in [-0.4, -0.2) is 16.5 Å². The summed E-state index contributed by atoms with van der Waals surface area (Å²) in [5.74, 6) is 0.438. The van der Waals surface area contributed by atoms with Crippen LogP contribution < -0.4 is 11.1 Å². The molecule has 0 aliphatic heterocycles. The number of nitrogens with zero attached hydrogens (tertiary/aromatic N) is 2. The molecule has 4 nitrogen and oxygen atoms in total. The molecule has 3 N–H and O–H groups in total. The van der Waals surface area contributed by atoms with Gasteiger partial charge in [0.15, 0.2) is 5.96 Å². The summed E-state index contributed by atoms with van der Waals surface area (Å²) in [4.78, 5) is 10.2. The molecule has 0 aliphatic carbocycles. The van der Waals surface area contributed by atoms with E-state index in [0.717, 1.165) is 26.2 Å². The van der Waals surface area contributed by atoms with Crippen molar-refractivity contribution in [3.63, 3.8) is 0 Å². The van der Waals surface area contributed by atoms with E-state index in [-0.39, 0.29) is 5.54 Å². The smallest absolute Gasteiger partial charge is 0.189 e. The van der Waals surface area contributed by atoms with Gasteiger partial charge < -0.3 is 11.1 Å². The van der Waals surface area contributed by atoms with Crippen LogP contribution in [0.3, 0.4) is 0 Å². The molecule has 0 saturated carbocycles. The number of nitrogens with two attached hydrogens (primary N) is 1. The number of rotatable bonds is 3. The van der Waals surface area contributed by atoms with Crippen LogP contribution in [0.1, 0.15) is 30.7 Å². The quantitative estimate of drug-likeness (QED) is 0.658. The first kappa shape index (κ1) is 16.8. The molecule has 0 fully saturated rings. The van der Waals surface area contributed by atoms with Crippen LogP contribution in [-0.2, 0) is 6.54 Å². The minimum atomic E-state index is -0.0964. The summed E-state index contributed by atoms with van der Waals surface area (Å²) in [5.41, 5.74) is 7.83. The van der Waals surface area contributed by atoms with Crippen LogP contribution in [0, 0.1) is 6.92 Å². The fraction of sp³-hybridized carbons (Fsp3) is 0.375. The Morgan fingerprint density at radius 2 is 1.95 bits per heavy atom. The van der Waals surface area contributed by atoms with Gasteiger partial charge in [0.1, 0.15) is 5.01 Å². The zero-order valence-electron chi connectivity index (χ0n) is 13.3. The highest BCUT2D eigenvalue weighted by Gasteiger charge is 2.12. The van der Waals surface area contributed by atoms with E-state index in [2.05, 4.69) is 22.2 Å². The molecule has 2 aromatic rings.